The molecule has 0 aliphatic rings. The number of allylic oxidation sites excluding steroid dienone is 1. The van der Waals surface area contributed by atoms with Crippen molar-refractivity contribution >= 4 is 33.6 Å². The van der Waals surface area contributed by atoms with E-state index in [0.717, 1.165) is 0 Å². The molecule has 0 saturated carbocycles. The van der Waals surface area contributed by atoms with Crippen LogP contribution in [0.5, 0.6) is 0 Å². The lowest BCUT2D eigenvalue weighted by Crippen LogP contribution is -1.82. The summed E-state index contributed by atoms with van der Waals surface area (Å²) in [4.78, 5) is 0. The molecule has 64 valence electrons. The number of hydrogen-bond acceptors (Lipinski definition) is 0. The van der Waals surface area contributed by atoms with Crippen LogP contribution in [0.2, 0.25) is 5.02 Å². The maximum Gasteiger partial charge on any atom is 0.148 e. The molecule has 0 radical (unpaired) electrons. The van der Waals surface area contributed by atoms with Gasteiger partial charge >= 0.3 is 0 Å². The lowest BCUT2D eigenvalue weighted by atomic mass is 10.2. The molecule has 0 bridgehead atoms. The Labute approximate surface area is 84.2 Å². The maximum absolute atomic E-state index is 13.1. The Balaban J connectivity index is 3.00. The highest BCUT2D eigenvalue weighted by Gasteiger charge is 2.01. The summed E-state index contributed by atoms with van der Waals surface area (Å²) in [5, 5.41) is 0.866. The minimum Gasteiger partial charge on any atom is -0.205 e. The van der Waals surface area contributed by atoms with E-state index >= 15 is 0 Å². The van der Waals surface area contributed by atoms with E-state index in [-0.39, 0.29) is 10.8 Å². The number of benzene rings is 1. The van der Waals surface area contributed by atoms with Gasteiger partial charge in [0.05, 0.1) is 5.02 Å². The molecule has 0 N–H and O–H groups in total. The van der Waals surface area contributed by atoms with Gasteiger partial charge in [-0.05, 0) is 6.07 Å². The fourth-order valence-electron chi connectivity index (χ4n) is 0.821. The molecule has 0 spiro atoms. The zero-order valence-corrected chi connectivity index (χ0v) is 8.57. The van der Waals surface area contributed by atoms with Gasteiger partial charge in [-0.25, -0.2) is 4.39 Å². The van der Waals surface area contributed by atoms with Gasteiger partial charge in [-0.1, -0.05) is 51.8 Å². The standard InChI is InChI=1S/C9H7BrClF/c10-6-2-4-7-3-1-5-8(11)9(7)12/h1-5H,6H2/b4-2+. The van der Waals surface area contributed by atoms with Gasteiger partial charge in [-0.3, -0.25) is 0 Å². The Morgan fingerprint density at radius 2 is 2.25 bits per heavy atom. The smallest absolute Gasteiger partial charge is 0.148 e. The highest BCUT2D eigenvalue weighted by atomic mass is 79.9. The normalized spacial score (nSPS) is 10.9. The highest BCUT2D eigenvalue weighted by Crippen LogP contribution is 2.18. The Morgan fingerprint density at radius 1 is 1.50 bits per heavy atom. The Hall–Kier alpha value is -0.340. The second kappa shape index (κ2) is 4.63. The first-order chi connectivity index (χ1) is 5.75. The monoisotopic (exact) mass is 248 g/mol. The molecule has 0 fully saturated rings. The summed E-state index contributed by atoms with van der Waals surface area (Å²) in [6.45, 7) is 0. The molecule has 1 rings (SSSR count). The van der Waals surface area contributed by atoms with Gasteiger partial charge in [0.2, 0.25) is 0 Å². The van der Waals surface area contributed by atoms with E-state index in [1.165, 1.54) is 6.07 Å². The fourth-order valence-corrected chi connectivity index (χ4v) is 1.19. The molecular formula is C9H7BrClF. The van der Waals surface area contributed by atoms with Crippen LogP contribution in [0.25, 0.3) is 6.08 Å². The van der Waals surface area contributed by atoms with Gasteiger partial charge in [0, 0.05) is 10.9 Å². The SMILES string of the molecule is Fc1c(Cl)cccc1/C=C/CBr. The Morgan fingerprint density at radius 3 is 2.92 bits per heavy atom. The second-order valence-corrected chi connectivity index (χ2v) is 3.25. The van der Waals surface area contributed by atoms with E-state index in [9.17, 15) is 4.39 Å². The van der Waals surface area contributed by atoms with Crippen LogP contribution in [0.3, 0.4) is 0 Å². The molecule has 0 aliphatic carbocycles. The van der Waals surface area contributed by atoms with E-state index in [1.54, 1.807) is 18.2 Å². The first kappa shape index (κ1) is 9.75. The first-order valence-corrected chi connectivity index (χ1v) is 4.92. The second-order valence-electron chi connectivity index (χ2n) is 2.20. The third kappa shape index (κ3) is 2.32. The molecule has 0 unspecified atom stereocenters. The summed E-state index contributed by atoms with van der Waals surface area (Å²) in [6.07, 6.45) is 3.50. The predicted octanol–water partition coefficient (Wildman–Crippen LogP) is 3.89. The van der Waals surface area contributed by atoms with Gasteiger partial charge in [0.25, 0.3) is 0 Å². The third-order valence-corrected chi connectivity index (χ3v) is 2.03. The van der Waals surface area contributed by atoms with Crippen molar-refractivity contribution in [3.63, 3.8) is 0 Å². The lowest BCUT2D eigenvalue weighted by Gasteiger charge is -1.97. The Kier molecular flexibility index (Phi) is 3.76. The summed E-state index contributed by atoms with van der Waals surface area (Å²) < 4.78 is 13.1. The van der Waals surface area contributed by atoms with Crippen LogP contribution in [0.15, 0.2) is 24.3 Å². The van der Waals surface area contributed by atoms with Gasteiger partial charge < -0.3 is 0 Å². The molecular weight excluding hydrogens is 242 g/mol. The topological polar surface area (TPSA) is 0 Å². The van der Waals surface area contributed by atoms with Crippen LogP contribution in [0.4, 0.5) is 4.39 Å². The molecule has 0 amide bonds. The van der Waals surface area contributed by atoms with E-state index in [2.05, 4.69) is 15.9 Å². The predicted molar refractivity (Wildman–Crippen MR) is 54.2 cm³/mol. The summed E-state index contributed by atoms with van der Waals surface area (Å²) in [7, 11) is 0. The lowest BCUT2D eigenvalue weighted by molar-refractivity contribution is 0.625. The third-order valence-electron chi connectivity index (χ3n) is 1.37. The Bertz CT molecular complexity index is 297. The van der Waals surface area contributed by atoms with Crippen LogP contribution >= 0.6 is 27.5 Å². The number of alkyl halides is 1. The number of hydrogen-bond donors (Lipinski definition) is 0. The molecule has 0 heterocycles. The van der Waals surface area contributed by atoms with Crippen molar-refractivity contribution in [1.82, 2.24) is 0 Å². The molecule has 1 aromatic rings. The molecule has 0 saturated heterocycles. The van der Waals surface area contributed by atoms with E-state index < -0.39 is 0 Å². The van der Waals surface area contributed by atoms with Crippen molar-refractivity contribution in [1.29, 1.82) is 0 Å². The average molecular weight is 250 g/mol. The quantitative estimate of drug-likeness (QED) is 0.698. The van der Waals surface area contributed by atoms with Gasteiger partial charge in [-0.2, -0.15) is 0 Å². The van der Waals surface area contributed by atoms with Crippen molar-refractivity contribution in [2.45, 2.75) is 0 Å². The summed E-state index contributed by atoms with van der Waals surface area (Å²) in [6, 6.07) is 4.93. The fraction of sp³-hybridized carbons (Fsp3) is 0.111. The zero-order valence-electron chi connectivity index (χ0n) is 6.23. The van der Waals surface area contributed by atoms with Crippen molar-refractivity contribution in [3.05, 3.63) is 40.7 Å². The van der Waals surface area contributed by atoms with Gasteiger partial charge in [0.15, 0.2) is 0 Å². The van der Waals surface area contributed by atoms with E-state index in [4.69, 9.17) is 11.6 Å². The van der Waals surface area contributed by atoms with Crippen LogP contribution in [-0.4, -0.2) is 5.33 Å². The molecule has 1 aromatic carbocycles. The molecule has 0 aromatic heterocycles. The zero-order chi connectivity index (χ0) is 8.97. The first-order valence-electron chi connectivity index (χ1n) is 3.42. The largest absolute Gasteiger partial charge is 0.205 e. The molecule has 12 heavy (non-hydrogen) atoms. The van der Waals surface area contributed by atoms with Crippen molar-refractivity contribution in [2.24, 2.45) is 0 Å². The number of rotatable bonds is 2. The molecule has 3 heteroatoms. The van der Waals surface area contributed by atoms with Crippen LogP contribution in [0.1, 0.15) is 5.56 Å². The minimum absolute atomic E-state index is 0.159. The van der Waals surface area contributed by atoms with Crippen molar-refractivity contribution in [2.75, 3.05) is 5.33 Å². The van der Waals surface area contributed by atoms with Crippen molar-refractivity contribution < 1.29 is 4.39 Å². The van der Waals surface area contributed by atoms with E-state index in [1.807, 2.05) is 6.08 Å². The highest BCUT2D eigenvalue weighted by molar-refractivity contribution is 9.09. The summed E-state index contributed by atoms with van der Waals surface area (Å²) in [5.41, 5.74) is 0.516. The van der Waals surface area contributed by atoms with Crippen molar-refractivity contribution in [3.8, 4) is 0 Å². The van der Waals surface area contributed by atoms with Crippen LogP contribution in [-0.2, 0) is 0 Å². The van der Waals surface area contributed by atoms with Gasteiger partial charge in [-0.15, -0.1) is 0 Å². The van der Waals surface area contributed by atoms with E-state index in [0.29, 0.717) is 10.9 Å². The average Bonchev–Trinajstić information content (AvgIpc) is 2.08. The van der Waals surface area contributed by atoms with Crippen LogP contribution < -0.4 is 0 Å². The van der Waals surface area contributed by atoms with Crippen LogP contribution in [0, 0.1) is 5.82 Å². The summed E-state index contributed by atoms with van der Waals surface area (Å²) in [5.74, 6) is -0.364. The maximum atomic E-state index is 13.1. The molecule has 0 aliphatic heterocycles. The molecule has 0 atom stereocenters. The molecule has 0 nitrogen and oxygen atoms in total. The van der Waals surface area contributed by atoms with Gasteiger partial charge in [0.1, 0.15) is 5.82 Å². The summed E-state index contributed by atoms with van der Waals surface area (Å²) >= 11 is 8.78. The minimum atomic E-state index is -0.364. The number of halogens is 3.